The molecule has 0 aliphatic heterocycles. The van der Waals surface area contributed by atoms with Crippen molar-refractivity contribution in [3.63, 3.8) is 0 Å². The van der Waals surface area contributed by atoms with Gasteiger partial charge < -0.3 is 15.2 Å². The average Bonchev–Trinajstić information content (AvgIpc) is 2.42. The van der Waals surface area contributed by atoms with Gasteiger partial charge in [0, 0.05) is 7.11 Å². The highest BCUT2D eigenvalue weighted by Crippen LogP contribution is 2.27. The van der Waals surface area contributed by atoms with Gasteiger partial charge in [0.15, 0.2) is 17.4 Å². The molecule has 1 aromatic rings. The fraction of sp³-hybridized carbons (Fsp3) is 0.250. The molecule has 0 saturated carbocycles. The maximum Gasteiger partial charge on any atom is 0.201 e. The number of rotatable bonds is 7. The number of benzene rings is 1. The lowest BCUT2D eigenvalue weighted by molar-refractivity contribution is 0.144. The van der Waals surface area contributed by atoms with Crippen LogP contribution in [-0.2, 0) is 4.74 Å². The summed E-state index contributed by atoms with van der Waals surface area (Å²) in [6, 6.07) is 5.84. The highest BCUT2D eigenvalue weighted by Gasteiger charge is 2.10. The molecule has 0 aromatic heterocycles. The summed E-state index contributed by atoms with van der Waals surface area (Å²) < 4.78 is 23.7. The number of para-hydroxylation sites is 1. The van der Waals surface area contributed by atoms with Crippen LogP contribution in [0.1, 0.15) is 0 Å². The molecular weight excluding hydrogens is 265 g/mol. The molecule has 0 atom stereocenters. The molecular formula is C12H14FN5O2. The molecule has 4 N–H and O–H groups in total. The first kappa shape index (κ1) is 15.4. The second-order valence-corrected chi connectivity index (χ2v) is 3.56. The van der Waals surface area contributed by atoms with Crippen molar-refractivity contribution in [2.24, 2.45) is 10.8 Å². The minimum absolute atomic E-state index is 0.0471. The van der Waals surface area contributed by atoms with Gasteiger partial charge in [0.2, 0.25) is 5.71 Å². The predicted molar refractivity (Wildman–Crippen MR) is 72.4 cm³/mol. The number of hydrazone groups is 1. The van der Waals surface area contributed by atoms with Crippen LogP contribution in [-0.4, -0.2) is 31.9 Å². The standard InChI is InChI=1S/C12H14FN5O2/c1-19-5-6-20-11-8(13)3-2-4-9(11)17-18-10(7-14)12(15)16/h2-4,17H,5-6H2,1H3,(H3,15,16)/b18-10+. The van der Waals surface area contributed by atoms with E-state index in [0.717, 1.165) is 0 Å². The van der Waals surface area contributed by atoms with Gasteiger partial charge in [-0.15, -0.1) is 0 Å². The minimum atomic E-state index is -0.581. The van der Waals surface area contributed by atoms with Gasteiger partial charge in [-0.2, -0.15) is 10.4 Å². The Hall–Kier alpha value is -2.66. The molecule has 0 bridgehead atoms. The Bertz CT molecular complexity index is 553. The van der Waals surface area contributed by atoms with Crippen LogP contribution in [0.4, 0.5) is 10.1 Å². The summed E-state index contributed by atoms with van der Waals surface area (Å²) in [6.45, 7) is 0.460. The highest BCUT2D eigenvalue weighted by atomic mass is 19.1. The topological polar surface area (TPSA) is 117 Å². The zero-order chi connectivity index (χ0) is 15.0. The second-order valence-electron chi connectivity index (χ2n) is 3.56. The Morgan fingerprint density at radius 2 is 2.30 bits per heavy atom. The largest absolute Gasteiger partial charge is 0.486 e. The fourth-order valence-corrected chi connectivity index (χ4v) is 1.23. The molecule has 0 aliphatic carbocycles. The predicted octanol–water partition coefficient (Wildman–Crippen LogP) is 1.08. The Morgan fingerprint density at radius 1 is 1.55 bits per heavy atom. The molecule has 0 unspecified atom stereocenters. The number of methoxy groups -OCH3 is 1. The lowest BCUT2D eigenvalue weighted by Crippen LogP contribution is -2.22. The van der Waals surface area contributed by atoms with E-state index in [2.05, 4.69) is 10.5 Å². The summed E-state index contributed by atoms with van der Waals surface area (Å²) in [5, 5.41) is 19.4. The average molecular weight is 279 g/mol. The van der Waals surface area contributed by atoms with Gasteiger partial charge in [0.1, 0.15) is 18.4 Å². The highest BCUT2D eigenvalue weighted by molar-refractivity contribution is 6.45. The number of ether oxygens (including phenoxy) is 2. The molecule has 0 saturated heterocycles. The zero-order valence-corrected chi connectivity index (χ0v) is 10.8. The Balaban J connectivity index is 2.92. The monoisotopic (exact) mass is 279 g/mol. The molecule has 0 aliphatic rings. The van der Waals surface area contributed by atoms with E-state index >= 15 is 0 Å². The molecule has 106 valence electrons. The molecule has 1 rings (SSSR count). The number of amidine groups is 1. The number of nitriles is 1. The number of nitrogens with zero attached hydrogens (tertiary/aromatic N) is 2. The molecule has 0 spiro atoms. The smallest absolute Gasteiger partial charge is 0.201 e. The molecule has 0 fully saturated rings. The van der Waals surface area contributed by atoms with Crippen LogP contribution in [0, 0.1) is 22.6 Å². The van der Waals surface area contributed by atoms with Crippen LogP contribution in [0.25, 0.3) is 0 Å². The fourth-order valence-electron chi connectivity index (χ4n) is 1.23. The van der Waals surface area contributed by atoms with E-state index in [1.165, 1.54) is 25.3 Å². The number of anilines is 1. The van der Waals surface area contributed by atoms with Gasteiger partial charge in [-0.3, -0.25) is 10.8 Å². The van der Waals surface area contributed by atoms with Gasteiger partial charge in [-0.05, 0) is 12.1 Å². The summed E-state index contributed by atoms with van der Waals surface area (Å²) in [5.74, 6) is -1.12. The van der Waals surface area contributed by atoms with Crippen molar-refractivity contribution in [1.82, 2.24) is 0 Å². The Morgan fingerprint density at radius 3 is 2.90 bits per heavy atom. The van der Waals surface area contributed by atoms with E-state index in [4.69, 9.17) is 25.9 Å². The summed E-state index contributed by atoms with van der Waals surface area (Å²) in [6.07, 6.45) is 0. The maximum atomic E-state index is 13.7. The summed E-state index contributed by atoms with van der Waals surface area (Å²) >= 11 is 0. The van der Waals surface area contributed by atoms with E-state index < -0.39 is 11.7 Å². The van der Waals surface area contributed by atoms with Crippen molar-refractivity contribution in [3.8, 4) is 11.8 Å². The third-order valence-corrected chi connectivity index (χ3v) is 2.15. The van der Waals surface area contributed by atoms with Crippen molar-refractivity contribution in [3.05, 3.63) is 24.0 Å². The zero-order valence-electron chi connectivity index (χ0n) is 10.8. The Labute approximate surface area is 115 Å². The van der Waals surface area contributed by atoms with E-state index in [1.54, 1.807) is 6.07 Å². The minimum Gasteiger partial charge on any atom is -0.486 e. The SMILES string of the molecule is COCCOc1c(F)cccc1N/N=C(\C#N)C(=N)N. The lowest BCUT2D eigenvalue weighted by atomic mass is 10.3. The van der Waals surface area contributed by atoms with Crippen molar-refractivity contribution >= 4 is 17.2 Å². The van der Waals surface area contributed by atoms with Crippen LogP contribution in [0.5, 0.6) is 5.75 Å². The van der Waals surface area contributed by atoms with Crippen molar-refractivity contribution in [2.45, 2.75) is 0 Å². The lowest BCUT2D eigenvalue weighted by Gasteiger charge is -2.11. The molecule has 8 heteroatoms. The van der Waals surface area contributed by atoms with E-state index in [-0.39, 0.29) is 23.8 Å². The molecule has 20 heavy (non-hydrogen) atoms. The summed E-state index contributed by atoms with van der Waals surface area (Å²) in [5.41, 5.74) is 7.51. The maximum absolute atomic E-state index is 13.7. The van der Waals surface area contributed by atoms with Crippen LogP contribution in [0.2, 0.25) is 0 Å². The van der Waals surface area contributed by atoms with E-state index in [1.807, 2.05) is 0 Å². The van der Waals surface area contributed by atoms with E-state index in [9.17, 15) is 4.39 Å². The van der Waals surface area contributed by atoms with Crippen LogP contribution >= 0.6 is 0 Å². The first-order valence-corrected chi connectivity index (χ1v) is 5.58. The van der Waals surface area contributed by atoms with E-state index in [0.29, 0.717) is 6.61 Å². The van der Waals surface area contributed by atoms with Crippen LogP contribution < -0.4 is 15.9 Å². The van der Waals surface area contributed by atoms with Crippen molar-refractivity contribution in [1.29, 1.82) is 10.7 Å². The Kier molecular flexibility index (Phi) is 5.93. The van der Waals surface area contributed by atoms with Crippen molar-refractivity contribution < 1.29 is 13.9 Å². The van der Waals surface area contributed by atoms with Crippen LogP contribution in [0.3, 0.4) is 0 Å². The van der Waals surface area contributed by atoms with Gasteiger partial charge in [0.05, 0.1) is 6.61 Å². The summed E-state index contributed by atoms with van der Waals surface area (Å²) in [7, 11) is 1.50. The summed E-state index contributed by atoms with van der Waals surface area (Å²) in [4.78, 5) is 0. The normalized spacial score (nSPS) is 10.8. The molecule has 0 heterocycles. The molecule has 0 amide bonds. The third kappa shape index (κ3) is 4.22. The second kappa shape index (κ2) is 7.70. The first-order chi connectivity index (χ1) is 9.60. The number of hydrogen-bond donors (Lipinski definition) is 3. The van der Waals surface area contributed by atoms with Gasteiger partial charge >= 0.3 is 0 Å². The number of hydrogen-bond acceptors (Lipinski definition) is 6. The van der Waals surface area contributed by atoms with Crippen LogP contribution in [0.15, 0.2) is 23.3 Å². The quantitative estimate of drug-likeness (QED) is 0.299. The number of nitrogens with two attached hydrogens (primary N) is 1. The number of halogens is 1. The first-order valence-electron chi connectivity index (χ1n) is 5.58. The molecule has 0 radical (unpaired) electrons. The molecule has 1 aromatic carbocycles. The van der Waals surface area contributed by atoms with Gasteiger partial charge in [-0.1, -0.05) is 6.07 Å². The van der Waals surface area contributed by atoms with Gasteiger partial charge in [0.25, 0.3) is 0 Å². The van der Waals surface area contributed by atoms with Crippen molar-refractivity contribution in [2.75, 3.05) is 25.7 Å². The third-order valence-electron chi connectivity index (χ3n) is 2.15. The van der Waals surface area contributed by atoms with Gasteiger partial charge in [-0.25, -0.2) is 4.39 Å². The molecule has 7 nitrogen and oxygen atoms in total. The number of nitrogens with one attached hydrogen (secondary N) is 2.